The topological polar surface area (TPSA) is 52.6 Å². The van der Waals surface area contributed by atoms with Crippen molar-refractivity contribution in [2.24, 2.45) is 5.92 Å². The van der Waals surface area contributed by atoms with Gasteiger partial charge in [0.1, 0.15) is 0 Å². The van der Waals surface area contributed by atoms with Gasteiger partial charge in [-0.05, 0) is 26.3 Å². The Morgan fingerprint density at radius 3 is 2.67 bits per heavy atom. The van der Waals surface area contributed by atoms with Crippen LogP contribution < -0.4 is 5.32 Å². The fraction of sp³-hybridized carbons (Fsp3) is 0.929. The van der Waals surface area contributed by atoms with E-state index in [-0.39, 0.29) is 18.6 Å². The molecule has 0 aromatic rings. The number of nitrogens with one attached hydrogen (secondary N) is 1. The second kappa shape index (κ2) is 8.48. The van der Waals surface area contributed by atoms with Crippen molar-refractivity contribution in [2.45, 2.75) is 51.5 Å². The molecule has 18 heavy (non-hydrogen) atoms. The molecule has 0 aromatic heterocycles. The zero-order chi connectivity index (χ0) is 13.4. The Bertz CT molecular complexity index is 240. The van der Waals surface area contributed by atoms with Gasteiger partial charge in [-0.1, -0.05) is 32.1 Å². The number of likely N-dealkylation sites (N-methyl/N-ethyl adjacent to an activating group) is 1. The van der Waals surface area contributed by atoms with E-state index in [0.717, 1.165) is 18.9 Å². The van der Waals surface area contributed by atoms with Crippen LogP contribution in [0.2, 0.25) is 0 Å². The molecule has 106 valence electrons. The van der Waals surface area contributed by atoms with Crippen molar-refractivity contribution >= 4 is 5.91 Å². The summed E-state index contributed by atoms with van der Waals surface area (Å²) in [4.78, 5) is 13.6. The van der Waals surface area contributed by atoms with E-state index in [4.69, 9.17) is 5.11 Å². The highest BCUT2D eigenvalue weighted by molar-refractivity contribution is 5.77. The van der Waals surface area contributed by atoms with E-state index in [1.807, 2.05) is 18.9 Å². The first-order valence-corrected chi connectivity index (χ1v) is 7.21. The summed E-state index contributed by atoms with van der Waals surface area (Å²) in [5.74, 6) is 0.877. The predicted octanol–water partition coefficient (Wildman–Crippen LogP) is 1.39. The molecule has 1 saturated carbocycles. The van der Waals surface area contributed by atoms with Gasteiger partial charge in [-0.25, -0.2) is 0 Å². The number of rotatable bonds is 7. The van der Waals surface area contributed by atoms with E-state index >= 15 is 0 Å². The Labute approximate surface area is 111 Å². The highest BCUT2D eigenvalue weighted by Gasteiger charge is 2.14. The van der Waals surface area contributed by atoms with Gasteiger partial charge in [0.15, 0.2) is 0 Å². The van der Waals surface area contributed by atoms with Crippen LogP contribution in [0.15, 0.2) is 0 Å². The maximum Gasteiger partial charge on any atom is 0.234 e. The first-order chi connectivity index (χ1) is 8.63. The molecule has 0 radical (unpaired) electrons. The number of carbonyl (C=O) groups is 1. The zero-order valence-electron chi connectivity index (χ0n) is 11.8. The molecule has 0 bridgehead atoms. The Kier molecular flexibility index (Phi) is 7.28. The summed E-state index contributed by atoms with van der Waals surface area (Å²) < 4.78 is 0. The van der Waals surface area contributed by atoms with Crippen LogP contribution in [-0.4, -0.2) is 48.7 Å². The fourth-order valence-corrected chi connectivity index (χ4v) is 2.47. The Morgan fingerprint density at radius 2 is 2.06 bits per heavy atom. The predicted molar refractivity (Wildman–Crippen MR) is 73.4 cm³/mol. The lowest BCUT2D eigenvalue weighted by molar-refractivity contribution is -0.122. The van der Waals surface area contributed by atoms with Crippen molar-refractivity contribution < 1.29 is 9.90 Å². The molecule has 2 N–H and O–H groups in total. The third-order valence-electron chi connectivity index (χ3n) is 4.01. The third kappa shape index (κ3) is 5.83. The van der Waals surface area contributed by atoms with Gasteiger partial charge in [-0.15, -0.1) is 0 Å². The largest absolute Gasteiger partial charge is 0.395 e. The van der Waals surface area contributed by atoms with E-state index in [0.29, 0.717) is 6.54 Å². The second-order valence-electron chi connectivity index (χ2n) is 5.59. The highest BCUT2D eigenvalue weighted by Crippen LogP contribution is 2.25. The van der Waals surface area contributed by atoms with Crippen LogP contribution in [0.3, 0.4) is 0 Å². The molecule has 0 aliphatic heterocycles. The van der Waals surface area contributed by atoms with E-state index in [1.54, 1.807) is 0 Å². The van der Waals surface area contributed by atoms with Crippen LogP contribution in [0.1, 0.15) is 45.4 Å². The standard InChI is InChI=1S/C14H28N2O2/c1-12(11-17)16(2)10-14(18)15-9-8-13-6-4-3-5-7-13/h12-13,17H,3-11H2,1-2H3,(H,15,18). The average molecular weight is 256 g/mol. The van der Waals surface area contributed by atoms with Gasteiger partial charge in [0.2, 0.25) is 5.91 Å². The van der Waals surface area contributed by atoms with Crippen molar-refractivity contribution in [3.05, 3.63) is 0 Å². The molecular formula is C14H28N2O2. The minimum absolute atomic E-state index is 0.0362. The Balaban J connectivity index is 2.09. The first-order valence-electron chi connectivity index (χ1n) is 7.21. The van der Waals surface area contributed by atoms with Crippen molar-refractivity contribution in [3.8, 4) is 0 Å². The Hall–Kier alpha value is -0.610. The molecule has 1 aliphatic carbocycles. The van der Waals surface area contributed by atoms with Crippen LogP contribution in [0.25, 0.3) is 0 Å². The molecule has 1 fully saturated rings. The molecule has 4 nitrogen and oxygen atoms in total. The van der Waals surface area contributed by atoms with Gasteiger partial charge < -0.3 is 10.4 Å². The summed E-state index contributed by atoms with van der Waals surface area (Å²) in [6, 6.07) is 0.0362. The molecule has 1 atom stereocenters. The second-order valence-corrected chi connectivity index (χ2v) is 5.59. The molecule has 1 unspecified atom stereocenters. The maximum atomic E-state index is 11.7. The molecule has 0 heterocycles. The third-order valence-corrected chi connectivity index (χ3v) is 4.01. The highest BCUT2D eigenvalue weighted by atomic mass is 16.3. The summed E-state index contributed by atoms with van der Waals surface area (Å²) >= 11 is 0. The monoisotopic (exact) mass is 256 g/mol. The fourth-order valence-electron chi connectivity index (χ4n) is 2.47. The molecule has 1 aliphatic rings. The summed E-state index contributed by atoms with van der Waals surface area (Å²) in [5, 5.41) is 12.0. The molecule has 4 heteroatoms. The molecule has 0 aromatic carbocycles. The molecule has 1 rings (SSSR count). The molecule has 0 spiro atoms. The van der Waals surface area contributed by atoms with Gasteiger partial charge in [-0.3, -0.25) is 9.69 Å². The lowest BCUT2D eigenvalue weighted by Crippen LogP contribution is -2.41. The number of aliphatic hydroxyl groups is 1. The van der Waals surface area contributed by atoms with E-state index in [1.165, 1.54) is 32.1 Å². The number of nitrogens with zero attached hydrogens (tertiary/aromatic N) is 1. The molecular weight excluding hydrogens is 228 g/mol. The number of amides is 1. The molecule has 0 saturated heterocycles. The van der Waals surface area contributed by atoms with Gasteiger partial charge >= 0.3 is 0 Å². The van der Waals surface area contributed by atoms with E-state index < -0.39 is 0 Å². The van der Waals surface area contributed by atoms with E-state index in [2.05, 4.69) is 5.32 Å². The van der Waals surface area contributed by atoms with Crippen LogP contribution in [0.5, 0.6) is 0 Å². The first kappa shape index (κ1) is 15.4. The van der Waals surface area contributed by atoms with Crippen LogP contribution in [-0.2, 0) is 4.79 Å². The van der Waals surface area contributed by atoms with E-state index in [9.17, 15) is 4.79 Å². The Morgan fingerprint density at radius 1 is 1.39 bits per heavy atom. The van der Waals surface area contributed by atoms with Crippen LogP contribution >= 0.6 is 0 Å². The summed E-state index contributed by atoms with van der Waals surface area (Å²) in [6.07, 6.45) is 7.87. The number of carbonyl (C=O) groups excluding carboxylic acids is 1. The number of aliphatic hydroxyl groups excluding tert-OH is 1. The van der Waals surface area contributed by atoms with Gasteiger partial charge in [0.25, 0.3) is 0 Å². The minimum atomic E-state index is 0.0362. The van der Waals surface area contributed by atoms with Crippen molar-refractivity contribution in [2.75, 3.05) is 26.7 Å². The maximum absolute atomic E-state index is 11.7. The zero-order valence-corrected chi connectivity index (χ0v) is 11.8. The van der Waals surface area contributed by atoms with Crippen LogP contribution in [0, 0.1) is 5.92 Å². The SMILES string of the molecule is CC(CO)N(C)CC(=O)NCCC1CCCCC1. The van der Waals surface area contributed by atoms with Gasteiger partial charge in [-0.2, -0.15) is 0 Å². The van der Waals surface area contributed by atoms with Crippen molar-refractivity contribution in [3.63, 3.8) is 0 Å². The van der Waals surface area contributed by atoms with Gasteiger partial charge in [0.05, 0.1) is 13.2 Å². The number of hydrogen-bond donors (Lipinski definition) is 2. The van der Waals surface area contributed by atoms with Gasteiger partial charge in [0, 0.05) is 12.6 Å². The normalized spacial score (nSPS) is 18.9. The minimum Gasteiger partial charge on any atom is -0.395 e. The summed E-state index contributed by atoms with van der Waals surface area (Å²) in [6.45, 7) is 3.17. The molecule has 1 amide bonds. The van der Waals surface area contributed by atoms with Crippen LogP contribution in [0.4, 0.5) is 0 Å². The van der Waals surface area contributed by atoms with Crippen molar-refractivity contribution in [1.29, 1.82) is 0 Å². The summed E-state index contributed by atoms with van der Waals surface area (Å²) in [7, 11) is 1.86. The lowest BCUT2D eigenvalue weighted by atomic mass is 9.87. The quantitative estimate of drug-likeness (QED) is 0.723. The lowest BCUT2D eigenvalue weighted by Gasteiger charge is -2.23. The average Bonchev–Trinajstić information content (AvgIpc) is 2.38. The summed E-state index contributed by atoms with van der Waals surface area (Å²) in [5.41, 5.74) is 0. The number of hydrogen-bond acceptors (Lipinski definition) is 3. The smallest absolute Gasteiger partial charge is 0.234 e. The van der Waals surface area contributed by atoms with Crippen molar-refractivity contribution in [1.82, 2.24) is 10.2 Å².